The third-order valence-corrected chi connectivity index (χ3v) is 5.75. The molecule has 164 valence electrons. The molecule has 0 spiro atoms. The highest BCUT2D eigenvalue weighted by atomic mass is 16.5. The second-order valence-corrected chi connectivity index (χ2v) is 8.09. The van der Waals surface area contributed by atoms with E-state index < -0.39 is 0 Å². The van der Waals surface area contributed by atoms with Gasteiger partial charge in [0, 0.05) is 22.3 Å². The molecule has 0 fully saturated rings. The molecular formula is C30H22N2O2. The van der Waals surface area contributed by atoms with E-state index in [0.717, 1.165) is 15.9 Å². The molecule has 4 aromatic carbocycles. The van der Waals surface area contributed by atoms with Crippen molar-refractivity contribution in [3.8, 4) is 33.8 Å². The smallest absolute Gasteiger partial charge is 0.291 e. The zero-order valence-corrected chi connectivity index (χ0v) is 18.7. The summed E-state index contributed by atoms with van der Waals surface area (Å²) in [5.74, 6) is -0.363. The van der Waals surface area contributed by atoms with Crippen molar-refractivity contribution < 1.29 is 9.52 Å². The van der Waals surface area contributed by atoms with Gasteiger partial charge in [-0.15, -0.1) is 0 Å². The van der Waals surface area contributed by atoms with E-state index in [9.17, 15) is 10.0 Å². The number of aromatic nitrogens is 2. The van der Waals surface area contributed by atoms with Crippen LogP contribution in [0.3, 0.4) is 0 Å². The summed E-state index contributed by atoms with van der Waals surface area (Å²) >= 11 is 0. The van der Waals surface area contributed by atoms with E-state index in [1.807, 2.05) is 110 Å². The summed E-state index contributed by atoms with van der Waals surface area (Å²) in [7, 11) is 0. The molecule has 0 amide bonds. The summed E-state index contributed by atoms with van der Waals surface area (Å²) in [6, 6.07) is 35.6. The Morgan fingerprint density at radius 1 is 0.647 bits per heavy atom. The maximum atomic E-state index is 14.1. The maximum absolute atomic E-state index is 14.1. The fourth-order valence-corrected chi connectivity index (χ4v) is 4.01. The molecule has 0 radical (unpaired) electrons. The van der Waals surface area contributed by atoms with Crippen molar-refractivity contribution in [2.75, 3.05) is 0 Å². The lowest BCUT2D eigenvalue weighted by atomic mass is 9.98. The lowest BCUT2D eigenvalue weighted by Crippen LogP contribution is -2.39. The Hall–Kier alpha value is -4.57. The van der Waals surface area contributed by atoms with Crippen molar-refractivity contribution in [3.05, 3.63) is 137 Å². The molecule has 0 aliphatic rings. The maximum Gasteiger partial charge on any atom is 0.291 e. The third-order valence-electron chi connectivity index (χ3n) is 5.75. The third kappa shape index (κ3) is 3.97. The van der Waals surface area contributed by atoms with E-state index in [4.69, 9.17) is 4.98 Å². The van der Waals surface area contributed by atoms with Gasteiger partial charge in [0.15, 0.2) is 0 Å². The summed E-state index contributed by atoms with van der Waals surface area (Å²) in [4.78, 5) is 18.7. The topological polar surface area (TPSA) is 56.9 Å². The number of benzene rings is 4. The van der Waals surface area contributed by atoms with Gasteiger partial charge in [-0.05, 0) is 19.1 Å². The van der Waals surface area contributed by atoms with Crippen LogP contribution in [0.15, 0.2) is 115 Å². The molecule has 5 rings (SSSR count). The number of ketones is 1. The minimum absolute atomic E-state index is 0.00795. The van der Waals surface area contributed by atoms with Crippen LogP contribution in [0.4, 0.5) is 0 Å². The molecule has 0 atom stereocenters. The number of hydrogen-bond acceptors (Lipinski definition) is 3. The Labute approximate surface area is 198 Å². The van der Waals surface area contributed by atoms with Crippen LogP contribution < -0.4 is 4.73 Å². The Morgan fingerprint density at radius 3 is 1.65 bits per heavy atom. The summed E-state index contributed by atoms with van der Waals surface area (Å²) in [5.41, 5.74) is 4.94. The summed E-state index contributed by atoms with van der Waals surface area (Å²) in [6.07, 6.45) is 0. The highest BCUT2D eigenvalue weighted by molar-refractivity contribution is 6.10. The molecule has 0 aliphatic carbocycles. The summed E-state index contributed by atoms with van der Waals surface area (Å²) < 4.78 is 0.759. The SMILES string of the molecule is Cc1ccc(C(=O)c2c(-c3ccccc3)nc(-c3ccccc3)c(-c3ccccc3)[n+]2[O-])cc1. The molecule has 0 saturated heterocycles. The minimum Gasteiger partial charge on any atom is -0.618 e. The van der Waals surface area contributed by atoms with E-state index in [0.29, 0.717) is 33.8 Å². The van der Waals surface area contributed by atoms with E-state index in [-0.39, 0.29) is 11.5 Å². The number of nitrogens with zero attached hydrogens (tertiary/aromatic N) is 2. The van der Waals surface area contributed by atoms with Gasteiger partial charge in [0.1, 0.15) is 11.4 Å². The van der Waals surface area contributed by atoms with E-state index >= 15 is 0 Å². The van der Waals surface area contributed by atoms with Crippen molar-refractivity contribution in [2.45, 2.75) is 6.92 Å². The normalized spacial score (nSPS) is 10.7. The molecule has 4 nitrogen and oxygen atoms in total. The van der Waals surface area contributed by atoms with Gasteiger partial charge >= 0.3 is 0 Å². The summed E-state index contributed by atoms with van der Waals surface area (Å²) in [6.45, 7) is 1.96. The molecule has 0 aliphatic heterocycles. The first-order chi connectivity index (χ1) is 16.6. The van der Waals surface area contributed by atoms with E-state index in [2.05, 4.69) is 0 Å². The monoisotopic (exact) mass is 442 g/mol. The quantitative estimate of drug-likeness (QED) is 0.183. The Bertz CT molecular complexity index is 1450. The van der Waals surface area contributed by atoms with Crippen LogP contribution in [0.2, 0.25) is 0 Å². The average molecular weight is 443 g/mol. The van der Waals surface area contributed by atoms with Crippen LogP contribution in [-0.2, 0) is 0 Å². The lowest BCUT2D eigenvalue weighted by molar-refractivity contribution is -0.595. The molecule has 1 heterocycles. The van der Waals surface area contributed by atoms with Crippen LogP contribution in [-0.4, -0.2) is 10.8 Å². The highest BCUT2D eigenvalue weighted by Gasteiger charge is 2.32. The second-order valence-electron chi connectivity index (χ2n) is 8.09. The predicted octanol–water partition coefficient (Wildman–Crippen LogP) is 6.26. The van der Waals surface area contributed by atoms with Crippen LogP contribution in [0.25, 0.3) is 33.8 Å². The van der Waals surface area contributed by atoms with Gasteiger partial charge in [-0.2, -0.15) is 4.73 Å². The summed E-state index contributed by atoms with van der Waals surface area (Å²) in [5, 5.41) is 14.1. The number of carbonyl (C=O) groups excluding carboxylic acids is 1. The number of carbonyl (C=O) groups is 1. The van der Waals surface area contributed by atoms with Crippen molar-refractivity contribution >= 4 is 5.78 Å². The first kappa shape index (κ1) is 21.3. The molecule has 5 aromatic rings. The zero-order valence-electron chi connectivity index (χ0n) is 18.7. The first-order valence-corrected chi connectivity index (χ1v) is 11.1. The Balaban J connectivity index is 1.86. The number of aryl methyl sites for hydroxylation is 1. The van der Waals surface area contributed by atoms with Gasteiger partial charge in [0.2, 0.25) is 0 Å². The van der Waals surface area contributed by atoms with Gasteiger partial charge in [0.05, 0.1) is 0 Å². The van der Waals surface area contributed by atoms with Crippen LogP contribution in [0, 0.1) is 12.1 Å². The van der Waals surface area contributed by atoms with Crippen molar-refractivity contribution in [1.29, 1.82) is 0 Å². The van der Waals surface area contributed by atoms with Crippen LogP contribution in [0.5, 0.6) is 0 Å². The fourth-order valence-electron chi connectivity index (χ4n) is 4.01. The lowest BCUT2D eigenvalue weighted by Gasteiger charge is -2.16. The Kier molecular flexibility index (Phi) is 5.71. The number of rotatable bonds is 5. The molecule has 34 heavy (non-hydrogen) atoms. The molecule has 0 saturated carbocycles. The molecular weight excluding hydrogens is 420 g/mol. The highest BCUT2D eigenvalue weighted by Crippen LogP contribution is 2.32. The standard InChI is InChI=1S/C30H22N2O2/c1-21-17-19-25(20-18-21)30(33)29-27(23-13-7-3-8-14-23)31-26(22-11-5-2-6-12-22)28(32(29)34)24-15-9-4-10-16-24/h2-20H,1H3. The van der Waals surface area contributed by atoms with Gasteiger partial charge in [-0.25, -0.2) is 4.98 Å². The largest absolute Gasteiger partial charge is 0.618 e. The second kappa shape index (κ2) is 9.12. The van der Waals surface area contributed by atoms with Gasteiger partial charge < -0.3 is 5.21 Å². The fraction of sp³-hybridized carbons (Fsp3) is 0.0333. The minimum atomic E-state index is -0.363. The van der Waals surface area contributed by atoms with Crippen molar-refractivity contribution in [1.82, 2.24) is 4.98 Å². The molecule has 0 N–H and O–H groups in total. The van der Waals surface area contributed by atoms with Gasteiger partial charge in [-0.1, -0.05) is 109 Å². The molecule has 4 heteroatoms. The van der Waals surface area contributed by atoms with Crippen LogP contribution >= 0.6 is 0 Å². The van der Waals surface area contributed by atoms with Crippen molar-refractivity contribution in [3.63, 3.8) is 0 Å². The molecule has 0 bridgehead atoms. The average Bonchev–Trinajstić information content (AvgIpc) is 2.89. The van der Waals surface area contributed by atoms with Crippen molar-refractivity contribution in [2.24, 2.45) is 0 Å². The van der Waals surface area contributed by atoms with E-state index in [1.54, 1.807) is 12.1 Å². The predicted molar refractivity (Wildman–Crippen MR) is 134 cm³/mol. The first-order valence-electron chi connectivity index (χ1n) is 11.1. The Morgan fingerprint density at radius 2 is 1.12 bits per heavy atom. The molecule has 0 unspecified atom stereocenters. The molecule has 1 aromatic heterocycles. The van der Waals surface area contributed by atoms with Crippen LogP contribution in [0.1, 0.15) is 21.6 Å². The van der Waals surface area contributed by atoms with Gasteiger partial charge in [-0.3, -0.25) is 4.79 Å². The van der Waals surface area contributed by atoms with E-state index in [1.165, 1.54) is 0 Å². The van der Waals surface area contributed by atoms with Gasteiger partial charge in [0.25, 0.3) is 17.2 Å². The number of hydrogen-bond donors (Lipinski definition) is 0. The zero-order chi connectivity index (χ0) is 23.5.